The molecule has 1 aromatic carbocycles. The Morgan fingerprint density at radius 2 is 1.86 bits per heavy atom. The number of benzene rings is 1. The number of nitrogens with one attached hydrogen (secondary N) is 1. The number of carboxylic acid groups (broad SMARTS) is 1. The van der Waals surface area contributed by atoms with Crippen LogP contribution in [0.15, 0.2) is 24.3 Å². The summed E-state index contributed by atoms with van der Waals surface area (Å²) in [6.45, 7) is 4.97. The van der Waals surface area contributed by atoms with Gasteiger partial charge in [0.1, 0.15) is 0 Å². The van der Waals surface area contributed by atoms with Crippen molar-refractivity contribution in [3.63, 3.8) is 0 Å². The monoisotopic (exact) mass is 292 g/mol. The topological polar surface area (TPSA) is 69.6 Å². The Bertz CT molecular complexity index is 488. The fourth-order valence-electron chi connectivity index (χ4n) is 2.25. The van der Waals surface area contributed by atoms with Gasteiger partial charge in [0.15, 0.2) is 0 Å². The number of carboxylic acids is 1. The summed E-state index contributed by atoms with van der Waals surface area (Å²) in [5, 5.41) is 12.0. The van der Waals surface area contributed by atoms with Gasteiger partial charge in [0.25, 0.3) is 5.91 Å². The number of likely N-dealkylation sites (N-methyl/N-ethyl adjacent to an activating group) is 1. The highest BCUT2D eigenvalue weighted by molar-refractivity contribution is 5.97. The molecule has 0 aliphatic heterocycles. The summed E-state index contributed by atoms with van der Waals surface area (Å²) in [6, 6.07) is 6.14. The molecule has 116 valence electrons. The number of hydrogen-bond donors (Lipinski definition) is 2. The summed E-state index contributed by atoms with van der Waals surface area (Å²) in [5.41, 5.74) is 0.498. The molecule has 5 heteroatoms. The minimum absolute atomic E-state index is 0.0426. The molecule has 0 bridgehead atoms. The minimum atomic E-state index is -1.03. The summed E-state index contributed by atoms with van der Waals surface area (Å²) in [5.74, 6) is -0.789. The average molecular weight is 292 g/mol. The summed E-state index contributed by atoms with van der Waals surface area (Å²) in [4.78, 5) is 25.2. The van der Waals surface area contributed by atoms with Crippen LogP contribution in [0.5, 0.6) is 0 Å². The second kappa shape index (κ2) is 7.78. The number of hydrogen-bond acceptors (Lipinski definition) is 3. The number of rotatable bonds is 7. The zero-order chi connectivity index (χ0) is 16.0. The molecule has 0 aromatic heterocycles. The Labute approximate surface area is 126 Å². The van der Waals surface area contributed by atoms with E-state index in [0.717, 1.165) is 13.0 Å². The van der Waals surface area contributed by atoms with Crippen LogP contribution in [-0.2, 0) is 0 Å². The van der Waals surface area contributed by atoms with Gasteiger partial charge in [-0.3, -0.25) is 4.79 Å². The van der Waals surface area contributed by atoms with Crippen LogP contribution >= 0.6 is 0 Å². The average Bonchev–Trinajstić information content (AvgIpc) is 2.37. The Hall–Kier alpha value is -1.88. The van der Waals surface area contributed by atoms with Crippen molar-refractivity contribution in [2.45, 2.75) is 26.3 Å². The van der Waals surface area contributed by atoms with Crippen molar-refractivity contribution in [1.29, 1.82) is 0 Å². The minimum Gasteiger partial charge on any atom is -0.478 e. The van der Waals surface area contributed by atoms with Crippen LogP contribution in [0.4, 0.5) is 0 Å². The van der Waals surface area contributed by atoms with E-state index < -0.39 is 5.97 Å². The summed E-state index contributed by atoms with van der Waals surface area (Å²) in [7, 11) is 3.93. The molecule has 1 aromatic rings. The first-order valence-electron chi connectivity index (χ1n) is 7.08. The number of aromatic carboxylic acids is 1. The van der Waals surface area contributed by atoms with Crippen LogP contribution in [0.3, 0.4) is 0 Å². The third-order valence-electron chi connectivity index (χ3n) is 3.05. The first kappa shape index (κ1) is 17.2. The Balaban J connectivity index is 2.80. The lowest BCUT2D eigenvalue weighted by molar-refractivity contribution is 0.0697. The van der Waals surface area contributed by atoms with Gasteiger partial charge in [0.05, 0.1) is 5.56 Å². The molecule has 21 heavy (non-hydrogen) atoms. The maximum absolute atomic E-state index is 12.3. The second-order valence-corrected chi connectivity index (χ2v) is 5.95. The predicted molar refractivity (Wildman–Crippen MR) is 82.7 cm³/mol. The maximum Gasteiger partial charge on any atom is 0.335 e. The summed E-state index contributed by atoms with van der Waals surface area (Å²) >= 11 is 0. The van der Waals surface area contributed by atoms with Crippen molar-refractivity contribution in [1.82, 2.24) is 10.2 Å². The molecule has 0 aliphatic carbocycles. The molecule has 0 saturated carbocycles. The first-order chi connectivity index (χ1) is 9.79. The predicted octanol–water partition coefficient (Wildman–Crippen LogP) is 2.09. The van der Waals surface area contributed by atoms with E-state index in [1.807, 2.05) is 19.0 Å². The fourth-order valence-corrected chi connectivity index (χ4v) is 2.25. The van der Waals surface area contributed by atoms with Gasteiger partial charge in [-0.1, -0.05) is 19.9 Å². The molecule has 0 saturated heterocycles. The quantitative estimate of drug-likeness (QED) is 0.807. The molecule has 0 aliphatic rings. The van der Waals surface area contributed by atoms with Crippen molar-refractivity contribution in [3.8, 4) is 0 Å². The van der Waals surface area contributed by atoms with Crippen LogP contribution in [0.25, 0.3) is 0 Å². The molecule has 1 amide bonds. The highest BCUT2D eigenvalue weighted by Gasteiger charge is 2.17. The molecule has 1 rings (SSSR count). The van der Waals surface area contributed by atoms with Gasteiger partial charge in [-0.05, 0) is 44.6 Å². The third kappa shape index (κ3) is 5.95. The summed E-state index contributed by atoms with van der Waals surface area (Å²) in [6.07, 6.45) is 0.878. The van der Waals surface area contributed by atoms with Gasteiger partial charge in [-0.15, -0.1) is 0 Å². The van der Waals surface area contributed by atoms with Crippen LogP contribution in [-0.4, -0.2) is 48.6 Å². The van der Waals surface area contributed by atoms with Gasteiger partial charge in [-0.2, -0.15) is 0 Å². The number of nitrogens with zero attached hydrogens (tertiary/aromatic N) is 1. The largest absolute Gasteiger partial charge is 0.478 e. The van der Waals surface area contributed by atoms with E-state index in [9.17, 15) is 9.59 Å². The van der Waals surface area contributed by atoms with E-state index in [2.05, 4.69) is 19.2 Å². The SMILES string of the molecule is CC(C)CC(CN(C)C)NC(=O)c1cccc(C(=O)O)c1. The molecule has 0 spiro atoms. The lowest BCUT2D eigenvalue weighted by Crippen LogP contribution is -2.42. The van der Waals surface area contributed by atoms with Gasteiger partial charge in [0, 0.05) is 18.2 Å². The van der Waals surface area contributed by atoms with Gasteiger partial charge >= 0.3 is 5.97 Å². The lowest BCUT2D eigenvalue weighted by Gasteiger charge is -2.24. The molecule has 5 nitrogen and oxygen atoms in total. The van der Waals surface area contributed by atoms with Crippen molar-refractivity contribution >= 4 is 11.9 Å². The summed E-state index contributed by atoms with van der Waals surface area (Å²) < 4.78 is 0. The number of carbonyl (C=O) groups excluding carboxylic acids is 1. The van der Waals surface area contributed by atoms with Crippen molar-refractivity contribution in [2.75, 3.05) is 20.6 Å². The van der Waals surface area contributed by atoms with E-state index in [4.69, 9.17) is 5.11 Å². The van der Waals surface area contributed by atoms with E-state index in [-0.39, 0.29) is 17.5 Å². The molecular formula is C16H24N2O3. The van der Waals surface area contributed by atoms with Crippen LogP contribution in [0.2, 0.25) is 0 Å². The van der Waals surface area contributed by atoms with Crippen LogP contribution < -0.4 is 5.32 Å². The zero-order valence-corrected chi connectivity index (χ0v) is 13.1. The van der Waals surface area contributed by atoms with Gasteiger partial charge in [0.2, 0.25) is 0 Å². The standard InChI is InChI=1S/C16H24N2O3/c1-11(2)8-14(10-18(3)4)17-15(19)12-6-5-7-13(9-12)16(20)21/h5-7,9,11,14H,8,10H2,1-4H3,(H,17,19)(H,20,21). The van der Waals surface area contributed by atoms with Crippen molar-refractivity contribution in [3.05, 3.63) is 35.4 Å². The van der Waals surface area contributed by atoms with Gasteiger partial charge in [-0.25, -0.2) is 4.79 Å². The highest BCUT2D eigenvalue weighted by Crippen LogP contribution is 2.09. The van der Waals surface area contributed by atoms with E-state index >= 15 is 0 Å². The van der Waals surface area contributed by atoms with Crippen LogP contribution in [0, 0.1) is 5.92 Å². The molecule has 1 unspecified atom stereocenters. The van der Waals surface area contributed by atoms with E-state index in [0.29, 0.717) is 11.5 Å². The first-order valence-corrected chi connectivity index (χ1v) is 7.08. The molecule has 2 N–H and O–H groups in total. The molecule has 0 heterocycles. The second-order valence-electron chi connectivity index (χ2n) is 5.95. The molecule has 0 radical (unpaired) electrons. The van der Waals surface area contributed by atoms with E-state index in [1.165, 1.54) is 12.1 Å². The molecule has 1 atom stereocenters. The van der Waals surface area contributed by atoms with Gasteiger partial charge < -0.3 is 15.3 Å². The number of amides is 1. The Morgan fingerprint density at radius 1 is 1.24 bits per heavy atom. The van der Waals surface area contributed by atoms with Crippen molar-refractivity contribution in [2.24, 2.45) is 5.92 Å². The smallest absolute Gasteiger partial charge is 0.335 e. The number of carbonyl (C=O) groups is 2. The maximum atomic E-state index is 12.3. The highest BCUT2D eigenvalue weighted by atomic mass is 16.4. The van der Waals surface area contributed by atoms with Crippen molar-refractivity contribution < 1.29 is 14.7 Å². The van der Waals surface area contributed by atoms with E-state index in [1.54, 1.807) is 12.1 Å². The third-order valence-corrected chi connectivity index (χ3v) is 3.05. The van der Waals surface area contributed by atoms with Crippen LogP contribution in [0.1, 0.15) is 41.0 Å². The lowest BCUT2D eigenvalue weighted by atomic mass is 10.0. The molecular weight excluding hydrogens is 268 g/mol. The fraction of sp³-hybridized carbons (Fsp3) is 0.500. The Kier molecular flexibility index (Phi) is 6.37. The molecule has 0 fully saturated rings. The normalized spacial score (nSPS) is 12.5. The Morgan fingerprint density at radius 3 is 2.38 bits per heavy atom. The zero-order valence-electron chi connectivity index (χ0n) is 13.1.